The molecule has 2 bridgehead atoms. The first-order valence-electron chi connectivity index (χ1n) is 6.21. The second-order valence-corrected chi connectivity index (χ2v) is 5.97. The van der Waals surface area contributed by atoms with Crippen LogP contribution in [-0.4, -0.2) is 5.78 Å². The Hall–Kier alpha value is -0.590. The molecule has 2 aliphatic carbocycles. The van der Waals surface area contributed by atoms with E-state index in [1.807, 2.05) is 0 Å². The number of allylic oxidation sites excluding steroid dienone is 2. The largest absolute Gasteiger partial charge is 0.300 e. The number of hydrogen-bond acceptors (Lipinski definition) is 1. The lowest BCUT2D eigenvalue weighted by Gasteiger charge is -2.27. The molecule has 0 spiro atoms. The average Bonchev–Trinajstić information content (AvgIpc) is 2.40. The summed E-state index contributed by atoms with van der Waals surface area (Å²) in [7, 11) is 0. The number of rotatable bonds is 0. The standard InChI is InChI=1S/C14H22O/c1-10-4-5-11-6-7-12(14(11,2)3)9-13(15)8-10/h5,10,12H,4,6-9H2,1-3H3/b11-5+/t10-,12?/m0/s1. The molecular formula is C14H22O. The van der Waals surface area contributed by atoms with Gasteiger partial charge in [-0.05, 0) is 36.5 Å². The zero-order chi connectivity index (χ0) is 11.1. The molecule has 1 heteroatoms. The van der Waals surface area contributed by atoms with Gasteiger partial charge in [0.1, 0.15) is 5.78 Å². The second kappa shape index (κ2) is 3.77. The van der Waals surface area contributed by atoms with Gasteiger partial charge in [0.15, 0.2) is 0 Å². The van der Waals surface area contributed by atoms with Gasteiger partial charge in [-0.1, -0.05) is 32.4 Å². The molecule has 1 unspecified atom stereocenters. The number of hydrogen-bond donors (Lipinski definition) is 0. The number of Topliss-reactive ketones (excluding diaryl/α,β-unsaturated/α-hetero) is 1. The van der Waals surface area contributed by atoms with Crippen molar-refractivity contribution in [3.63, 3.8) is 0 Å². The molecule has 1 nitrogen and oxygen atoms in total. The zero-order valence-electron chi connectivity index (χ0n) is 10.2. The summed E-state index contributed by atoms with van der Waals surface area (Å²) in [6, 6.07) is 0. The van der Waals surface area contributed by atoms with Crippen molar-refractivity contribution in [3.05, 3.63) is 11.6 Å². The van der Waals surface area contributed by atoms with Crippen LogP contribution in [0.5, 0.6) is 0 Å². The van der Waals surface area contributed by atoms with Crippen LogP contribution in [0.25, 0.3) is 0 Å². The molecule has 0 radical (unpaired) electrons. The molecule has 0 saturated heterocycles. The Bertz CT molecular complexity index is 298. The minimum Gasteiger partial charge on any atom is -0.300 e. The van der Waals surface area contributed by atoms with E-state index in [0.717, 1.165) is 19.3 Å². The first-order valence-corrected chi connectivity index (χ1v) is 6.21. The highest BCUT2D eigenvalue weighted by Crippen LogP contribution is 2.49. The van der Waals surface area contributed by atoms with E-state index in [9.17, 15) is 4.79 Å². The van der Waals surface area contributed by atoms with E-state index in [-0.39, 0.29) is 5.41 Å². The lowest BCUT2D eigenvalue weighted by Crippen LogP contribution is -2.21. The van der Waals surface area contributed by atoms with E-state index in [1.165, 1.54) is 12.8 Å². The summed E-state index contributed by atoms with van der Waals surface area (Å²) in [5.41, 5.74) is 1.88. The van der Waals surface area contributed by atoms with Gasteiger partial charge in [-0.15, -0.1) is 0 Å². The number of ketones is 1. The Morgan fingerprint density at radius 1 is 1.33 bits per heavy atom. The molecule has 84 valence electrons. The van der Waals surface area contributed by atoms with Crippen LogP contribution in [-0.2, 0) is 4.79 Å². The van der Waals surface area contributed by atoms with Crippen LogP contribution in [0.15, 0.2) is 11.6 Å². The average molecular weight is 206 g/mol. The predicted molar refractivity (Wildman–Crippen MR) is 62.6 cm³/mol. The van der Waals surface area contributed by atoms with Gasteiger partial charge in [0.05, 0.1) is 0 Å². The number of fused-ring (bicyclic) bond motifs is 2. The zero-order valence-corrected chi connectivity index (χ0v) is 10.2. The molecule has 2 atom stereocenters. The molecule has 0 aromatic carbocycles. The van der Waals surface area contributed by atoms with Crippen molar-refractivity contribution in [3.8, 4) is 0 Å². The maximum absolute atomic E-state index is 11.9. The summed E-state index contributed by atoms with van der Waals surface area (Å²) in [4.78, 5) is 11.9. The molecule has 0 aliphatic heterocycles. The van der Waals surface area contributed by atoms with Crippen molar-refractivity contribution in [1.29, 1.82) is 0 Å². The number of carbonyl (C=O) groups excluding carboxylic acids is 1. The summed E-state index contributed by atoms with van der Waals surface area (Å²) in [5.74, 6) is 1.62. The van der Waals surface area contributed by atoms with E-state index in [2.05, 4.69) is 26.8 Å². The normalized spacial score (nSPS) is 38.9. The Morgan fingerprint density at radius 3 is 2.80 bits per heavy atom. The first kappa shape index (κ1) is 10.9. The molecular weight excluding hydrogens is 184 g/mol. The molecule has 0 heterocycles. The van der Waals surface area contributed by atoms with E-state index in [1.54, 1.807) is 5.57 Å². The third-order valence-corrected chi connectivity index (χ3v) is 4.43. The lowest BCUT2D eigenvalue weighted by atomic mass is 9.77. The summed E-state index contributed by atoms with van der Waals surface area (Å²) < 4.78 is 0. The van der Waals surface area contributed by atoms with Gasteiger partial charge in [0, 0.05) is 12.8 Å². The van der Waals surface area contributed by atoms with Crippen molar-refractivity contribution in [1.82, 2.24) is 0 Å². The first-order chi connectivity index (χ1) is 7.00. The van der Waals surface area contributed by atoms with Gasteiger partial charge in [-0.25, -0.2) is 0 Å². The van der Waals surface area contributed by atoms with E-state index in [0.29, 0.717) is 17.6 Å². The third kappa shape index (κ3) is 2.02. The quantitative estimate of drug-likeness (QED) is 0.552. The molecule has 0 aromatic heterocycles. The molecule has 1 saturated carbocycles. The van der Waals surface area contributed by atoms with Gasteiger partial charge in [-0.2, -0.15) is 0 Å². The van der Waals surface area contributed by atoms with Crippen molar-refractivity contribution in [2.45, 2.75) is 52.9 Å². The molecule has 2 rings (SSSR count). The van der Waals surface area contributed by atoms with E-state index in [4.69, 9.17) is 0 Å². The van der Waals surface area contributed by atoms with Crippen LogP contribution in [0.1, 0.15) is 52.9 Å². The van der Waals surface area contributed by atoms with Crippen molar-refractivity contribution >= 4 is 5.78 Å². The molecule has 0 aromatic rings. The van der Waals surface area contributed by atoms with Gasteiger partial charge in [-0.3, -0.25) is 4.79 Å². The van der Waals surface area contributed by atoms with Gasteiger partial charge >= 0.3 is 0 Å². The molecule has 2 aliphatic rings. The van der Waals surface area contributed by atoms with Crippen LogP contribution < -0.4 is 0 Å². The second-order valence-electron chi connectivity index (χ2n) is 5.97. The highest BCUT2D eigenvalue weighted by Gasteiger charge is 2.39. The lowest BCUT2D eigenvalue weighted by molar-refractivity contribution is -0.121. The highest BCUT2D eigenvalue weighted by atomic mass is 16.1. The van der Waals surface area contributed by atoms with Crippen LogP contribution in [0.2, 0.25) is 0 Å². The minimum absolute atomic E-state index is 0.277. The smallest absolute Gasteiger partial charge is 0.133 e. The SMILES string of the molecule is C[C@H]1C/C=C2\CCC(CC(=O)C1)C2(C)C. The Labute approximate surface area is 92.9 Å². The fourth-order valence-corrected chi connectivity index (χ4v) is 3.17. The van der Waals surface area contributed by atoms with Crippen molar-refractivity contribution in [2.24, 2.45) is 17.3 Å². The predicted octanol–water partition coefficient (Wildman–Crippen LogP) is 3.74. The molecule has 15 heavy (non-hydrogen) atoms. The fourth-order valence-electron chi connectivity index (χ4n) is 3.17. The Morgan fingerprint density at radius 2 is 2.07 bits per heavy atom. The fraction of sp³-hybridized carbons (Fsp3) is 0.786. The van der Waals surface area contributed by atoms with Gasteiger partial charge in [0.25, 0.3) is 0 Å². The molecule has 1 fully saturated rings. The van der Waals surface area contributed by atoms with Crippen LogP contribution in [0, 0.1) is 17.3 Å². The van der Waals surface area contributed by atoms with Gasteiger partial charge < -0.3 is 0 Å². The highest BCUT2D eigenvalue weighted by molar-refractivity contribution is 5.79. The summed E-state index contributed by atoms with van der Waals surface area (Å²) in [6.07, 6.45) is 7.56. The third-order valence-electron chi connectivity index (χ3n) is 4.43. The summed E-state index contributed by atoms with van der Waals surface area (Å²) >= 11 is 0. The van der Waals surface area contributed by atoms with Gasteiger partial charge in [0.2, 0.25) is 0 Å². The van der Waals surface area contributed by atoms with E-state index < -0.39 is 0 Å². The van der Waals surface area contributed by atoms with Crippen LogP contribution >= 0.6 is 0 Å². The monoisotopic (exact) mass is 206 g/mol. The molecule has 0 N–H and O–H groups in total. The number of carbonyl (C=O) groups is 1. The van der Waals surface area contributed by atoms with Crippen molar-refractivity contribution in [2.75, 3.05) is 0 Å². The van der Waals surface area contributed by atoms with Crippen molar-refractivity contribution < 1.29 is 4.79 Å². The van der Waals surface area contributed by atoms with Crippen LogP contribution in [0.4, 0.5) is 0 Å². The van der Waals surface area contributed by atoms with E-state index >= 15 is 0 Å². The maximum Gasteiger partial charge on any atom is 0.133 e. The Kier molecular flexibility index (Phi) is 2.74. The van der Waals surface area contributed by atoms with Crippen LogP contribution in [0.3, 0.4) is 0 Å². The molecule has 0 amide bonds. The summed E-state index contributed by atoms with van der Waals surface area (Å²) in [6.45, 7) is 6.83. The maximum atomic E-state index is 11.9. The topological polar surface area (TPSA) is 17.1 Å². The minimum atomic E-state index is 0.277. The summed E-state index contributed by atoms with van der Waals surface area (Å²) in [5, 5.41) is 0. The Balaban J connectivity index is 2.28.